The number of carbonyl (C=O) groups is 1. The minimum absolute atomic E-state index is 0.0108. The molecule has 1 aromatic carbocycles. The molecule has 92 valence electrons. The molecule has 0 unspecified atom stereocenters. The fraction of sp³-hybridized carbons (Fsp3) is 0.462. The Morgan fingerprint density at radius 2 is 2.24 bits per heavy atom. The van der Waals surface area contributed by atoms with Gasteiger partial charge in [-0.15, -0.1) is 0 Å². The molecule has 4 heteroatoms. The molecule has 0 aliphatic heterocycles. The van der Waals surface area contributed by atoms with Crippen LogP contribution in [-0.4, -0.2) is 24.7 Å². The smallest absolute Gasteiger partial charge is 0.335 e. The van der Waals surface area contributed by atoms with Crippen molar-refractivity contribution in [3.8, 4) is 0 Å². The van der Waals surface area contributed by atoms with Gasteiger partial charge in [-0.25, -0.2) is 9.18 Å². The normalized spacial score (nSPS) is 15.4. The second kappa shape index (κ2) is 4.73. The van der Waals surface area contributed by atoms with E-state index in [1.54, 1.807) is 0 Å². The molecular weight excluding hydrogens is 221 g/mol. The topological polar surface area (TPSA) is 40.5 Å². The standard InChI is InChI=1S/C13H16FNO2/c1-15(8-9-3-2-4-9)12-6-5-10(13(16)17)7-11(12)14/h5-7,9H,2-4,8H2,1H3,(H,16,17). The van der Waals surface area contributed by atoms with Crippen LogP contribution in [-0.2, 0) is 0 Å². The Labute approximate surface area is 99.9 Å². The second-order valence-corrected chi connectivity index (χ2v) is 4.65. The van der Waals surface area contributed by atoms with E-state index in [4.69, 9.17) is 5.11 Å². The van der Waals surface area contributed by atoms with Gasteiger partial charge in [-0.3, -0.25) is 0 Å². The van der Waals surface area contributed by atoms with Crippen molar-refractivity contribution in [1.82, 2.24) is 0 Å². The van der Waals surface area contributed by atoms with Crippen molar-refractivity contribution < 1.29 is 14.3 Å². The van der Waals surface area contributed by atoms with Gasteiger partial charge in [0, 0.05) is 13.6 Å². The zero-order chi connectivity index (χ0) is 12.4. The fourth-order valence-electron chi connectivity index (χ4n) is 2.11. The zero-order valence-electron chi connectivity index (χ0n) is 9.82. The Balaban J connectivity index is 2.11. The Morgan fingerprint density at radius 3 is 2.71 bits per heavy atom. The summed E-state index contributed by atoms with van der Waals surface area (Å²) in [4.78, 5) is 12.6. The van der Waals surface area contributed by atoms with E-state index in [0.717, 1.165) is 12.6 Å². The van der Waals surface area contributed by atoms with Crippen molar-refractivity contribution in [2.24, 2.45) is 5.92 Å². The van der Waals surface area contributed by atoms with Crippen LogP contribution < -0.4 is 4.90 Å². The molecule has 0 aromatic heterocycles. The molecule has 1 fully saturated rings. The van der Waals surface area contributed by atoms with Crippen molar-refractivity contribution in [2.45, 2.75) is 19.3 Å². The maximum absolute atomic E-state index is 13.7. The van der Waals surface area contributed by atoms with Crippen LogP contribution in [0.25, 0.3) is 0 Å². The highest BCUT2D eigenvalue weighted by Gasteiger charge is 2.20. The largest absolute Gasteiger partial charge is 0.478 e. The predicted molar refractivity (Wildman–Crippen MR) is 64.0 cm³/mol. The van der Waals surface area contributed by atoms with Crippen LogP contribution >= 0.6 is 0 Å². The first kappa shape index (κ1) is 11.9. The third kappa shape index (κ3) is 2.57. The van der Waals surface area contributed by atoms with E-state index in [-0.39, 0.29) is 5.56 Å². The summed E-state index contributed by atoms with van der Waals surface area (Å²) in [6, 6.07) is 4.06. The lowest BCUT2D eigenvalue weighted by Gasteiger charge is -2.31. The lowest BCUT2D eigenvalue weighted by molar-refractivity contribution is 0.0696. The van der Waals surface area contributed by atoms with Crippen LogP contribution in [0, 0.1) is 11.7 Å². The summed E-state index contributed by atoms with van der Waals surface area (Å²) >= 11 is 0. The first-order valence-electron chi connectivity index (χ1n) is 5.82. The molecular formula is C13H16FNO2. The summed E-state index contributed by atoms with van der Waals surface area (Å²) in [6.07, 6.45) is 3.68. The summed E-state index contributed by atoms with van der Waals surface area (Å²) in [5.41, 5.74) is 0.463. The van der Waals surface area contributed by atoms with Gasteiger partial charge in [0.2, 0.25) is 0 Å². The quantitative estimate of drug-likeness (QED) is 0.875. The SMILES string of the molecule is CN(CC1CCC1)c1ccc(C(=O)O)cc1F. The molecule has 2 rings (SSSR count). The number of anilines is 1. The number of carboxylic acids is 1. The maximum atomic E-state index is 13.7. The van der Waals surface area contributed by atoms with Crippen molar-refractivity contribution in [2.75, 3.05) is 18.5 Å². The summed E-state index contributed by atoms with van der Waals surface area (Å²) in [5.74, 6) is -0.914. The molecule has 1 N–H and O–H groups in total. The van der Waals surface area contributed by atoms with E-state index < -0.39 is 11.8 Å². The third-order valence-electron chi connectivity index (χ3n) is 3.36. The van der Waals surface area contributed by atoms with Gasteiger partial charge in [-0.2, -0.15) is 0 Å². The van der Waals surface area contributed by atoms with Gasteiger partial charge in [0.15, 0.2) is 0 Å². The van der Waals surface area contributed by atoms with Gasteiger partial charge in [-0.05, 0) is 37.0 Å². The molecule has 3 nitrogen and oxygen atoms in total. The van der Waals surface area contributed by atoms with E-state index in [9.17, 15) is 9.18 Å². The Hall–Kier alpha value is -1.58. The van der Waals surface area contributed by atoms with Crippen LogP contribution in [0.3, 0.4) is 0 Å². The fourth-order valence-corrected chi connectivity index (χ4v) is 2.11. The minimum atomic E-state index is -1.10. The number of hydrogen-bond donors (Lipinski definition) is 1. The highest BCUT2D eigenvalue weighted by Crippen LogP contribution is 2.29. The lowest BCUT2D eigenvalue weighted by atomic mass is 9.85. The summed E-state index contributed by atoms with van der Waals surface area (Å²) in [5, 5.41) is 8.75. The molecule has 17 heavy (non-hydrogen) atoms. The van der Waals surface area contributed by atoms with Gasteiger partial charge in [0.05, 0.1) is 11.3 Å². The molecule has 0 saturated heterocycles. The number of nitrogens with zero attached hydrogens (tertiary/aromatic N) is 1. The molecule has 0 bridgehead atoms. The predicted octanol–water partition coefficient (Wildman–Crippen LogP) is 2.76. The zero-order valence-corrected chi connectivity index (χ0v) is 9.82. The molecule has 0 amide bonds. The van der Waals surface area contributed by atoms with Crippen LogP contribution in [0.5, 0.6) is 0 Å². The van der Waals surface area contributed by atoms with Crippen LogP contribution in [0.1, 0.15) is 29.6 Å². The number of rotatable bonds is 4. The molecule has 1 saturated carbocycles. The molecule has 1 aliphatic rings. The van der Waals surface area contributed by atoms with Crippen LogP contribution in [0.15, 0.2) is 18.2 Å². The highest BCUT2D eigenvalue weighted by molar-refractivity contribution is 5.88. The lowest BCUT2D eigenvalue weighted by Crippen LogP contribution is -2.29. The van der Waals surface area contributed by atoms with Crippen molar-refractivity contribution in [3.63, 3.8) is 0 Å². The van der Waals surface area contributed by atoms with E-state index in [1.807, 2.05) is 11.9 Å². The van der Waals surface area contributed by atoms with Crippen LogP contribution in [0.4, 0.5) is 10.1 Å². The molecule has 0 heterocycles. The number of carboxylic acid groups (broad SMARTS) is 1. The van der Waals surface area contributed by atoms with Crippen molar-refractivity contribution in [1.29, 1.82) is 0 Å². The number of halogens is 1. The van der Waals surface area contributed by atoms with Gasteiger partial charge in [0.25, 0.3) is 0 Å². The molecule has 0 atom stereocenters. The first-order chi connectivity index (χ1) is 8.08. The van der Waals surface area contributed by atoms with E-state index >= 15 is 0 Å². The maximum Gasteiger partial charge on any atom is 0.335 e. The van der Waals surface area contributed by atoms with E-state index in [0.29, 0.717) is 11.6 Å². The van der Waals surface area contributed by atoms with Crippen molar-refractivity contribution >= 4 is 11.7 Å². The molecule has 0 spiro atoms. The van der Waals surface area contributed by atoms with Gasteiger partial charge in [0.1, 0.15) is 5.82 Å². The Bertz CT molecular complexity index is 429. The van der Waals surface area contributed by atoms with Crippen LogP contribution in [0.2, 0.25) is 0 Å². The second-order valence-electron chi connectivity index (χ2n) is 4.65. The minimum Gasteiger partial charge on any atom is -0.478 e. The molecule has 1 aliphatic carbocycles. The third-order valence-corrected chi connectivity index (χ3v) is 3.36. The van der Waals surface area contributed by atoms with Gasteiger partial charge < -0.3 is 10.0 Å². The van der Waals surface area contributed by atoms with Gasteiger partial charge >= 0.3 is 5.97 Å². The van der Waals surface area contributed by atoms with E-state index in [1.165, 1.54) is 31.4 Å². The van der Waals surface area contributed by atoms with Gasteiger partial charge in [-0.1, -0.05) is 6.42 Å². The Morgan fingerprint density at radius 1 is 1.53 bits per heavy atom. The monoisotopic (exact) mass is 237 g/mol. The number of hydrogen-bond acceptors (Lipinski definition) is 2. The molecule has 0 radical (unpaired) electrons. The summed E-state index contributed by atoms with van der Waals surface area (Å²) in [7, 11) is 1.84. The average Bonchev–Trinajstić information content (AvgIpc) is 2.22. The first-order valence-corrected chi connectivity index (χ1v) is 5.82. The van der Waals surface area contributed by atoms with Crippen molar-refractivity contribution in [3.05, 3.63) is 29.6 Å². The number of aromatic carboxylic acids is 1. The summed E-state index contributed by atoms with van der Waals surface area (Å²) < 4.78 is 13.7. The summed E-state index contributed by atoms with van der Waals surface area (Å²) in [6.45, 7) is 0.837. The molecule has 1 aromatic rings. The Kier molecular flexibility index (Phi) is 3.31. The number of benzene rings is 1. The highest BCUT2D eigenvalue weighted by atomic mass is 19.1. The van der Waals surface area contributed by atoms with E-state index in [2.05, 4.69) is 0 Å². The average molecular weight is 237 g/mol.